The molecule has 0 saturated heterocycles. The lowest BCUT2D eigenvalue weighted by atomic mass is 10.1. The number of hydrogen-bond acceptors (Lipinski definition) is 11. The largest absolute Gasteiger partial charge is 0.506 e. The first-order valence-electron chi connectivity index (χ1n) is 26.4. The highest BCUT2D eigenvalue weighted by molar-refractivity contribution is 7.93. The van der Waals surface area contributed by atoms with Crippen LogP contribution in [0.3, 0.4) is 0 Å². The predicted octanol–water partition coefficient (Wildman–Crippen LogP) is 16.2. The Morgan fingerprint density at radius 3 is 1.21 bits per heavy atom. The third kappa shape index (κ3) is 18.9. The van der Waals surface area contributed by atoms with Gasteiger partial charge in [-0.05, 0) is 111 Å². The lowest BCUT2D eigenvalue weighted by Gasteiger charge is -2.18. The van der Waals surface area contributed by atoms with Crippen LogP contribution in [0.2, 0.25) is 30.1 Å². The second-order valence-electron chi connectivity index (χ2n) is 19.0. The van der Waals surface area contributed by atoms with E-state index in [1.165, 1.54) is 124 Å². The van der Waals surface area contributed by atoms with Crippen LogP contribution >= 0.6 is 69.6 Å². The van der Waals surface area contributed by atoms with Gasteiger partial charge >= 0.3 is 0 Å². The monoisotopic (exact) mass is 1280 g/mol. The fraction of sp³-hybridized carbons (Fsp3) is 0.322. The number of ether oxygens (including phenoxy) is 1. The molecule has 2 unspecified atom stereocenters. The molecule has 6 N–H and O–H groups in total. The van der Waals surface area contributed by atoms with Gasteiger partial charge < -0.3 is 36.2 Å². The molecule has 0 aliphatic carbocycles. The van der Waals surface area contributed by atoms with Gasteiger partial charge in [-0.1, -0.05) is 166 Å². The van der Waals surface area contributed by atoms with Crippen LogP contribution in [0.4, 0.5) is 22.7 Å². The highest BCUT2D eigenvalue weighted by Crippen LogP contribution is 2.37. The number of carbonyl (C=O) groups excluding carboxylic acids is 4. The molecule has 2 atom stereocenters. The number of sulfone groups is 2. The Morgan fingerprint density at radius 2 is 0.829 bits per heavy atom. The lowest BCUT2D eigenvalue weighted by molar-refractivity contribution is -0.116. The van der Waals surface area contributed by atoms with Gasteiger partial charge in [0, 0.05) is 23.3 Å². The summed E-state index contributed by atoms with van der Waals surface area (Å²) in [4.78, 5) is 51.2. The van der Waals surface area contributed by atoms with Crippen LogP contribution in [-0.4, -0.2) is 67.8 Å². The number of aromatic hydroxyl groups is 2. The number of phenolic OH excluding ortho intramolecular Hbond substituents is 2. The molecule has 15 nitrogen and oxygen atoms in total. The molecule has 0 heterocycles. The maximum Gasteiger partial charge on any atom is 0.255 e. The predicted molar refractivity (Wildman–Crippen MR) is 330 cm³/mol. The van der Waals surface area contributed by atoms with Crippen LogP contribution in [0.1, 0.15) is 124 Å². The summed E-state index contributed by atoms with van der Waals surface area (Å²) in [5, 5.41) is 29.0. The lowest BCUT2D eigenvalue weighted by Crippen LogP contribution is -2.34. The van der Waals surface area contributed by atoms with E-state index in [0.717, 1.165) is 30.5 Å². The molecule has 0 saturated carbocycles. The molecule has 0 aliphatic rings. The molecule has 0 aromatic heterocycles. The Bertz CT molecular complexity index is 3440. The van der Waals surface area contributed by atoms with Crippen LogP contribution in [0, 0.1) is 6.92 Å². The fourth-order valence-electron chi connectivity index (χ4n) is 8.26. The van der Waals surface area contributed by atoms with E-state index in [-0.39, 0.29) is 86.6 Å². The van der Waals surface area contributed by atoms with E-state index in [2.05, 4.69) is 28.2 Å². The number of nitrogens with one attached hydrogen (secondary N) is 4. The topological polar surface area (TPSA) is 234 Å². The van der Waals surface area contributed by atoms with Crippen LogP contribution in [0.25, 0.3) is 0 Å². The van der Waals surface area contributed by atoms with Gasteiger partial charge in [0.15, 0.2) is 19.7 Å². The van der Waals surface area contributed by atoms with Crippen molar-refractivity contribution in [2.45, 2.75) is 125 Å². The van der Waals surface area contributed by atoms with Crippen molar-refractivity contribution in [1.29, 1.82) is 0 Å². The van der Waals surface area contributed by atoms with E-state index in [1.54, 1.807) is 38.1 Å². The average molecular weight is 1280 g/mol. The zero-order valence-electron chi connectivity index (χ0n) is 45.4. The second-order valence-corrected chi connectivity index (χ2v) is 25.7. The molecule has 440 valence electrons. The van der Waals surface area contributed by atoms with Crippen LogP contribution < -0.4 is 26.0 Å². The highest BCUT2D eigenvalue weighted by Gasteiger charge is 2.35. The maximum atomic E-state index is 13.4. The Morgan fingerprint density at radius 1 is 0.451 bits per heavy atom. The van der Waals surface area contributed by atoms with E-state index in [4.69, 9.17) is 74.3 Å². The number of aryl methyl sites for hydroxylation is 1. The molecule has 82 heavy (non-hydrogen) atoms. The van der Waals surface area contributed by atoms with Gasteiger partial charge in [0.1, 0.15) is 27.7 Å². The molecule has 0 aliphatic heterocycles. The zero-order valence-corrected chi connectivity index (χ0v) is 51.6. The first-order chi connectivity index (χ1) is 38.9. The average Bonchev–Trinajstić information content (AvgIpc) is 3.60. The molecule has 0 spiro atoms. The van der Waals surface area contributed by atoms with Gasteiger partial charge in [-0.3, -0.25) is 19.2 Å². The maximum absolute atomic E-state index is 13.4. The van der Waals surface area contributed by atoms with Crippen LogP contribution in [0.5, 0.6) is 17.2 Å². The summed E-state index contributed by atoms with van der Waals surface area (Å²) in [6.45, 7) is 7.77. The number of halogens is 6. The van der Waals surface area contributed by atoms with Gasteiger partial charge in [-0.25, -0.2) is 16.8 Å². The van der Waals surface area contributed by atoms with Gasteiger partial charge in [0.25, 0.3) is 11.8 Å². The summed E-state index contributed by atoms with van der Waals surface area (Å²) >= 11 is 36.3. The minimum Gasteiger partial charge on any atom is -0.506 e. The molecule has 6 rings (SSSR count). The minimum atomic E-state index is -4.07. The number of hydrogen-bond donors (Lipinski definition) is 6. The summed E-state index contributed by atoms with van der Waals surface area (Å²) in [6.07, 6.45) is 12.3. The molecule has 4 amide bonds. The van der Waals surface area contributed by atoms with E-state index >= 15 is 0 Å². The highest BCUT2D eigenvalue weighted by atomic mass is 35.5. The third-order valence-corrected chi connectivity index (χ3v) is 19.4. The third-order valence-electron chi connectivity index (χ3n) is 12.9. The number of amides is 4. The molecule has 23 heteroatoms. The molecule has 6 aromatic rings. The Labute approximate surface area is 509 Å². The SMILES string of the molecule is CCC(C(=O)Nc1cc(O)c(NC(=O)c2ccc(Cl)c(Cl)c2)cc1Cl)S(=O)(=O)c1ccc(C)cc1.CCCCCCCCCCCCOc1ccc(S(=O)(=O)C(CC)C(=O)Nc2cc(O)c(NC(=O)c3ccc(Cl)c(Cl)c3)cc2Cl)cc1. The van der Waals surface area contributed by atoms with Crippen molar-refractivity contribution in [1.82, 2.24) is 0 Å². The Hall–Kier alpha value is -5.76. The Balaban J connectivity index is 0.000000314. The van der Waals surface area contributed by atoms with Gasteiger partial charge in [0.05, 0.1) is 69.3 Å². The molecule has 0 fully saturated rings. The van der Waals surface area contributed by atoms with E-state index in [1.807, 2.05) is 6.92 Å². The van der Waals surface area contributed by atoms with Crippen LogP contribution in [0.15, 0.2) is 119 Å². The van der Waals surface area contributed by atoms with Gasteiger partial charge in [-0.2, -0.15) is 0 Å². The summed E-state index contributed by atoms with van der Waals surface area (Å²) in [5.74, 6) is -3.02. The number of anilines is 4. The molecular formula is C59H64Cl6N4O11S2. The normalized spacial score (nSPS) is 12.1. The summed E-state index contributed by atoms with van der Waals surface area (Å²) in [5.41, 5.74) is 1.18. The number of rotatable bonds is 26. The molecule has 6 aromatic carbocycles. The second kappa shape index (κ2) is 31.8. The van der Waals surface area contributed by atoms with E-state index in [9.17, 15) is 46.2 Å². The summed E-state index contributed by atoms with van der Waals surface area (Å²) in [7, 11) is -8.03. The quantitative estimate of drug-likeness (QED) is 0.0221. The van der Waals surface area contributed by atoms with Gasteiger partial charge in [0.2, 0.25) is 11.8 Å². The van der Waals surface area contributed by atoms with E-state index in [0.29, 0.717) is 12.4 Å². The first kappa shape index (κ1) is 67.0. The van der Waals surface area contributed by atoms with Crippen molar-refractivity contribution < 1.29 is 51.0 Å². The Kier molecular flexibility index (Phi) is 26.0. The number of phenols is 2. The number of benzene rings is 6. The smallest absolute Gasteiger partial charge is 0.255 e. The summed E-state index contributed by atoms with van der Waals surface area (Å²) in [6, 6.07) is 25.5. The number of carbonyl (C=O) groups is 4. The van der Waals surface area contributed by atoms with Crippen molar-refractivity contribution in [3.8, 4) is 17.2 Å². The molecule has 0 radical (unpaired) electrons. The minimum absolute atomic E-state index is 0.00739. The van der Waals surface area contributed by atoms with Crippen molar-refractivity contribution in [2.75, 3.05) is 27.9 Å². The summed E-state index contributed by atoms with van der Waals surface area (Å²) < 4.78 is 58.7. The fourth-order valence-corrected chi connectivity index (χ4v) is 12.5. The first-order valence-corrected chi connectivity index (χ1v) is 31.7. The van der Waals surface area contributed by atoms with Crippen molar-refractivity contribution >= 4 is 136 Å². The molecular weight excluding hydrogens is 1220 g/mol. The van der Waals surface area contributed by atoms with Crippen LogP contribution in [-0.2, 0) is 29.3 Å². The standard InChI is InChI=1S/C35H43Cl3N2O6S.C24H21Cl3N2O5S/c1-3-5-6-7-8-9-10-11-12-13-20-46-25-15-17-26(18-16-25)47(44,45)33(4-2)35(43)39-30-23-32(41)31(22-29(30)38)40-34(42)24-14-19-27(36)28(37)21-24;1-3-22(35(33,34)15-7-4-13(2)5-8-15)24(32)28-19-12-21(30)20(11-18(19)27)29-23(31)14-6-9-16(25)17(26)10-14/h14-19,21-23,33,41H,3-13,20H2,1-2H3,(H,39,43)(H,40,42);4-12,22,30H,3H2,1-2H3,(H,28,32)(H,29,31). The van der Waals surface area contributed by atoms with E-state index < -0.39 is 65.3 Å². The van der Waals surface area contributed by atoms with Crippen molar-refractivity contribution in [2.24, 2.45) is 0 Å². The van der Waals surface area contributed by atoms with Gasteiger partial charge in [-0.15, -0.1) is 0 Å². The zero-order chi connectivity index (χ0) is 60.3. The van der Waals surface area contributed by atoms with Crippen molar-refractivity contribution in [3.05, 3.63) is 156 Å². The number of unbranched alkanes of at least 4 members (excludes halogenated alkanes) is 9. The molecule has 0 bridgehead atoms. The van der Waals surface area contributed by atoms with Crippen molar-refractivity contribution in [3.63, 3.8) is 0 Å².